The van der Waals surface area contributed by atoms with Crippen LogP contribution in [0.3, 0.4) is 0 Å². The van der Waals surface area contributed by atoms with Crippen LogP contribution in [0.2, 0.25) is 0 Å². The number of amides is 3. The lowest BCUT2D eigenvalue weighted by atomic mass is 9.98. The topological polar surface area (TPSA) is 61.9 Å². The summed E-state index contributed by atoms with van der Waals surface area (Å²) >= 11 is 0. The largest absolute Gasteiger partial charge is 0.379 e. The highest BCUT2D eigenvalue weighted by Gasteiger charge is 2.52. The lowest BCUT2D eigenvalue weighted by Crippen LogP contribution is -2.45. The van der Waals surface area contributed by atoms with Gasteiger partial charge in [0, 0.05) is 26.2 Å². The Morgan fingerprint density at radius 2 is 1.79 bits per heavy atom. The Kier molecular flexibility index (Phi) is 3.45. The first-order valence-corrected chi connectivity index (χ1v) is 7.15. The van der Waals surface area contributed by atoms with Gasteiger partial charge < -0.3 is 10.1 Å². The molecule has 2 aliphatic heterocycles. The Bertz CT molecular complexity index is 373. The molecule has 3 aliphatic rings. The zero-order valence-corrected chi connectivity index (χ0v) is 11.2. The first-order chi connectivity index (χ1) is 9.21. The highest BCUT2D eigenvalue weighted by Crippen LogP contribution is 2.34. The molecule has 0 unspecified atom stereocenters. The number of rotatable bonds is 3. The van der Waals surface area contributed by atoms with Gasteiger partial charge in [0.1, 0.15) is 5.54 Å². The fourth-order valence-corrected chi connectivity index (χ4v) is 3.26. The van der Waals surface area contributed by atoms with E-state index in [1.54, 1.807) is 0 Å². The van der Waals surface area contributed by atoms with Crippen LogP contribution in [-0.2, 0) is 9.53 Å². The van der Waals surface area contributed by atoms with Gasteiger partial charge in [0.05, 0.1) is 13.2 Å². The van der Waals surface area contributed by atoms with Gasteiger partial charge in [-0.2, -0.15) is 0 Å². The van der Waals surface area contributed by atoms with Crippen LogP contribution in [0.25, 0.3) is 0 Å². The number of hydrogen-bond donors (Lipinski definition) is 1. The zero-order valence-electron chi connectivity index (χ0n) is 11.2. The molecule has 0 aromatic heterocycles. The second-order valence-corrected chi connectivity index (χ2v) is 5.63. The molecule has 1 saturated carbocycles. The number of morpholine rings is 1. The molecule has 0 aromatic carbocycles. The fourth-order valence-electron chi connectivity index (χ4n) is 3.26. The number of nitrogens with one attached hydrogen (secondary N) is 1. The minimum Gasteiger partial charge on any atom is -0.379 e. The van der Waals surface area contributed by atoms with Gasteiger partial charge in [-0.1, -0.05) is 12.8 Å². The summed E-state index contributed by atoms with van der Waals surface area (Å²) in [5.41, 5.74) is -0.567. The first-order valence-electron chi connectivity index (χ1n) is 7.15. The molecule has 0 bridgehead atoms. The molecule has 6 nitrogen and oxygen atoms in total. The van der Waals surface area contributed by atoms with E-state index < -0.39 is 5.54 Å². The number of urea groups is 1. The van der Waals surface area contributed by atoms with E-state index in [-0.39, 0.29) is 11.9 Å². The molecule has 1 spiro atoms. The van der Waals surface area contributed by atoms with Crippen molar-refractivity contribution in [3.63, 3.8) is 0 Å². The molecular formula is C13H21N3O3. The Hall–Kier alpha value is -1.14. The van der Waals surface area contributed by atoms with Gasteiger partial charge in [0.15, 0.2) is 0 Å². The summed E-state index contributed by atoms with van der Waals surface area (Å²) in [7, 11) is 0. The molecule has 106 valence electrons. The standard InChI is InChI=1S/C13H21N3O3/c17-11-13(3-1-2-4-13)14-12(18)16(11)6-5-15-7-9-19-10-8-15/h1-10H2,(H,14,18). The Morgan fingerprint density at radius 3 is 2.47 bits per heavy atom. The summed E-state index contributed by atoms with van der Waals surface area (Å²) in [6.45, 7) is 4.49. The molecule has 1 N–H and O–H groups in total. The molecule has 0 aromatic rings. The van der Waals surface area contributed by atoms with E-state index in [0.29, 0.717) is 6.54 Å². The third-order valence-corrected chi connectivity index (χ3v) is 4.45. The van der Waals surface area contributed by atoms with Crippen LogP contribution in [0, 0.1) is 0 Å². The van der Waals surface area contributed by atoms with Crippen LogP contribution < -0.4 is 5.32 Å². The van der Waals surface area contributed by atoms with E-state index in [2.05, 4.69) is 10.2 Å². The maximum atomic E-state index is 12.4. The van der Waals surface area contributed by atoms with Gasteiger partial charge in [-0.3, -0.25) is 14.6 Å². The van der Waals surface area contributed by atoms with Gasteiger partial charge in [0.25, 0.3) is 5.91 Å². The number of hydrogen-bond acceptors (Lipinski definition) is 4. The normalized spacial score (nSPS) is 27.3. The van der Waals surface area contributed by atoms with Crippen molar-refractivity contribution in [2.24, 2.45) is 0 Å². The van der Waals surface area contributed by atoms with Crippen molar-refractivity contribution in [3.05, 3.63) is 0 Å². The van der Waals surface area contributed by atoms with Crippen molar-refractivity contribution in [3.8, 4) is 0 Å². The highest BCUT2D eigenvalue weighted by molar-refractivity contribution is 6.07. The molecule has 3 amide bonds. The van der Waals surface area contributed by atoms with Crippen molar-refractivity contribution < 1.29 is 14.3 Å². The molecular weight excluding hydrogens is 246 g/mol. The molecule has 2 heterocycles. The summed E-state index contributed by atoms with van der Waals surface area (Å²) in [5.74, 6) is -0.0109. The van der Waals surface area contributed by atoms with Crippen molar-refractivity contribution >= 4 is 11.9 Å². The van der Waals surface area contributed by atoms with E-state index in [1.807, 2.05) is 0 Å². The van der Waals surface area contributed by atoms with Crippen LogP contribution in [0.5, 0.6) is 0 Å². The number of ether oxygens (including phenoxy) is 1. The second-order valence-electron chi connectivity index (χ2n) is 5.63. The van der Waals surface area contributed by atoms with Crippen molar-refractivity contribution in [1.82, 2.24) is 15.1 Å². The van der Waals surface area contributed by atoms with E-state index in [0.717, 1.165) is 58.5 Å². The smallest absolute Gasteiger partial charge is 0.325 e. The van der Waals surface area contributed by atoms with Crippen molar-refractivity contribution in [1.29, 1.82) is 0 Å². The minimum atomic E-state index is -0.567. The molecule has 1 aliphatic carbocycles. The van der Waals surface area contributed by atoms with Crippen LogP contribution in [-0.4, -0.2) is 66.7 Å². The summed E-state index contributed by atoms with van der Waals surface area (Å²) in [4.78, 5) is 28.0. The average molecular weight is 267 g/mol. The van der Waals surface area contributed by atoms with E-state index >= 15 is 0 Å². The van der Waals surface area contributed by atoms with Gasteiger partial charge in [-0.05, 0) is 12.8 Å². The third kappa shape index (κ3) is 2.34. The van der Waals surface area contributed by atoms with Gasteiger partial charge >= 0.3 is 6.03 Å². The lowest BCUT2D eigenvalue weighted by molar-refractivity contribution is -0.131. The maximum absolute atomic E-state index is 12.4. The quantitative estimate of drug-likeness (QED) is 0.741. The third-order valence-electron chi connectivity index (χ3n) is 4.45. The predicted octanol–water partition coefficient (Wildman–Crippen LogP) is 0.183. The summed E-state index contributed by atoms with van der Waals surface area (Å²) in [5, 5.41) is 2.91. The molecule has 3 fully saturated rings. The van der Waals surface area contributed by atoms with Crippen molar-refractivity contribution in [2.45, 2.75) is 31.2 Å². The van der Waals surface area contributed by atoms with Crippen molar-refractivity contribution in [2.75, 3.05) is 39.4 Å². The highest BCUT2D eigenvalue weighted by atomic mass is 16.5. The molecule has 3 rings (SSSR count). The summed E-state index contributed by atoms with van der Waals surface area (Å²) in [6, 6.07) is -0.208. The predicted molar refractivity (Wildman–Crippen MR) is 68.7 cm³/mol. The molecule has 0 atom stereocenters. The van der Waals surface area contributed by atoms with Gasteiger partial charge in [-0.15, -0.1) is 0 Å². The molecule has 2 saturated heterocycles. The summed E-state index contributed by atoms with van der Waals surface area (Å²) < 4.78 is 5.29. The SMILES string of the molecule is O=C1NC2(CCCC2)C(=O)N1CCN1CCOCC1. The van der Waals surface area contributed by atoms with Crippen LogP contribution in [0.1, 0.15) is 25.7 Å². The molecule has 6 heteroatoms. The Labute approximate surface area is 113 Å². The average Bonchev–Trinajstić information content (AvgIpc) is 2.97. The number of carbonyl (C=O) groups is 2. The lowest BCUT2D eigenvalue weighted by Gasteiger charge is -2.28. The van der Waals surface area contributed by atoms with Crippen LogP contribution >= 0.6 is 0 Å². The zero-order chi connectivity index (χ0) is 13.3. The fraction of sp³-hybridized carbons (Fsp3) is 0.846. The maximum Gasteiger partial charge on any atom is 0.325 e. The monoisotopic (exact) mass is 267 g/mol. The minimum absolute atomic E-state index is 0.0109. The number of nitrogens with zero attached hydrogens (tertiary/aromatic N) is 2. The first kappa shape index (κ1) is 12.9. The molecule has 19 heavy (non-hydrogen) atoms. The van der Waals surface area contributed by atoms with E-state index in [1.165, 1.54) is 4.90 Å². The van der Waals surface area contributed by atoms with Gasteiger partial charge in [-0.25, -0.2) is 4.79 Å². The number of imide groups is 1. The molecule has 0 radical (unpaired) electrons. The van der Waals surface area contributed by atoms with Crippen LogP contribution in [0.15, 0.2) is 0 Å². The van der Waals surface area contributed by atoms with Gasteiger partial charge in [0.2, 0.25) is 0 Å². The Balaban J connectivity index is 1.58. The Morgan fingerprint density at radius 1 is 1.11 bits per heavy atom. The van der Waals surface area contributed by atoms with Crippen LogP contribution in [0.4, 0.5) is 4.79 Å². The number of carbonyl (C=O) groups excluding carboxylic acids is 2. The van der Waals surface area contributed by atoms with E-state index in [4.69, 9.17) is 4.74 Å². The summed E-state index contributed by atoms with van der Waals surface area (Å²) in [6.07, 6.45) is 3.66. The van der Waals surface area contributed by atoms with E-state index in [9.17, 15) is 9.59 Å². The second kappa shape index (κ2) is 5.09.